The molecule has 128 valence electrons. The minimum absolute atomic E-state index is 0.0359. The van der Waals surface area contributed by atoms with E-state index in [0.29, 0.717) is 15.7 Å². The van der Waals surface area contributed by atoms with Gasteiger partial charge in [-0.05, 0) is 23.6 Å². The summed E-state index contributed by atoms with van der Waals surface area (Å²) in [5.74, 6) is 0.408. The highest BCUT2D eigenvalue weighted by Crippen LogP contribution is 2.19. The molecule has 1 N–H and O–H groups in total. The fourth-order valence-electron chi connectivity index (χ4n) is 2.12. The van der Waals surface area contributed by atoms with Crippen LogP contribution in [0.3, 0.4) is 0 Å². The fourth-order valence-corrected chi connectivity index (χ4v) is 3.01. The van der Waals surface area contributed by atoms with Crippen LogP contribution in [-0.2, 0) is 11.3 Å². The Labute approximate surface area is 152 Å². The molecule has 0 saturated heterocycles. The molecule has 1 aromatic carbocycles. The summed E-state index contributed by atoms with van der Waals surface area (Å²) in [5.41, 5.74) is 0.732. The molecule has 0 saturated carbocycles. The van der Waals surface area contributed by atoms with Gasteiger partial charge in [-0.2, -0.15) is 4.98 Å². The molecule has 0 unspecified atom stereocenters. The van der Waals surface area contributed by atoms with E-state index in [2.05, 4.69) is 15.5 Å². The predicted octanol–water partition coefficient (Wildman–Crippen LogP) is 3.73. The third kappa shape index (κ3) is 4.74. The van der Waals surface area contributed by atoms with Crippen LogP contribution in [0.25, 0.3) is 11.4 Å². The van der Waals surface area contributed by atoms with Crippen LogP contribution in [0.5, 0.6) is 0 Å². The van der Waals surface area contributed by atoms with E-state index in [4.69, 9.17) is 16.1 Å². The third-order valence-electron chi connectivity index (χ3n) is 3.36. The van der Waals surface area contributed by atoms with Gasteiger partial charge in [-0.1, -0.05) is 35.0 Å². The Hall–Kier alpha value is -2.51. The van der Waals surface area contributed by atoms with E-state index in [1.165, 1.54) is 11.3 Å². The number of rotatable bonds is 7. The average molecular weight is 376 g/mol. The number of thiophene rings is 1. The summed E-state index contributed by atoms with van der Waals surface area (Å²) in [6.45, 7) is 0.111. The lowest BCUT2D eigenvalue weighted by molar-refractivity contribution is -0.121. The first-order valence-electron chi connectivity index (χ1n) is 7.54. The number of nitrogens with zero attached hydrogens (tertiary/aromatic N) is 2. The zero-order chi connectivity index (χ0) is 17.6. The minimum Gasteiger partial charge on any atom is -0.347 e. The van der Waals surface area contributed by atoms with Gasteiger partial charge in [0.2, 0.25) is 17.6 Å². The van der Waals surface area contributed by atoms with Crippen LogP contribution < -0.4 is 5.32 Å². The van der Waals surface area contributed by atoms with E-state index < -0.39 is 0 Å². The highest BCUT2D eigenvalue weighted by molar-refractivity contribution is 7.12. The number of halogens is 1. The first-order valence-corrected chi connectivity index (χ1v) is 8.79. The van der Waals surface area contributed by atoms with Gasteiger partial charge in [0.1, 0.15) is 0 Å². The summed E-state index contributed by atoms with van der Waals surface area (Å²) in [7, 11) is 0. The van der Waals surface area contributed by atoms with Crippen molar-refractivity contribution in [3.63, 3.8) is 0 Å². The third-order valence-corrected chi connectivity index (χ3v) is 4.51. The number of Topliss-reactive ketones (excluding diaryl/α,β-unsaturated/α-hetero) is 1. The number of nitrogens with one attached hydrogen (secondary N) is 1. The zero-order valence-corrected chi connectivity index (χ0v) is 14.6. The first-order chi connectivity index (χ1) is 12.1. The van der Waals surface area contributed by atoms with Gasteiger partial charge < -0.3 is 9.84 Å². The molecule has 2 heterocycles. The molecule has 0 radical (unpaired) electrons. The van der Waals surface area contributed by atoms with Crippen LogP contribution in [0.2, 0.25) is 5.02 Å². The lowest BCUT2D eigenvalue weighted by Gasteiger charge is -2.01. The van der Waals surface area contributed by atoms with E-state index in [1.807, 2.05) is 17.5 Å². The molecule has 0 atom stereocenters. The van der Waals surface area contributed by atoms with Crippen LogP contribution in [0.4, 0.5) is 0 Å². The molecule has 0 aliphatic rings. The summed E-state index contributed by atoms with van der Waals surface area (Å²) in [5, 5.41) is 8.94. The van der Waals surface area contributed by atoms with Crippen LogP contribution >= 0.6 is 22.9 Å². The molecular weight excluding hydrogens is 362 g/mol. The van der Waals surface area contributed by atoms with Crippen molar-refractivity contribution in [2.24, 2.45) is 0 Å². The normalized spacial score (nSPS) is 10.6. The number of hydrogen-bond acceptors (Lipinski definition) is 6. The molecule has 2 aromatic heterocycles. The summed E-state index contributed by atoms with van der Waals surface area (Å²) >= 11 is 7.30. The van der Waals surface area contributed by atoms with Crippen molar-refractivity contribution in [2.75, 3.05) is 0 Å². The lowest BCUT2D eigenvalue weighted by Crippen LogP contribution is -2.23. The Balaban J connectivity index is 1.49. The van der Waals surface area contributed by atoms with Crippen LogP contribution in [0.1, 0.15) is 28.4 Å². The fraction of sp³-hybridized carbons (Fsp3) is 0.176. The van der Waals surface area contributed by atoms with Crippen molar-refractivity contribution >= 4 is 34.6 Å². The van der Waals surface area contributed by atoms with Crippen molar-refractivity contribution in [2.45, 2.75) is 19.4 Å². The minimum atomic E-state index is -0.243. The van der Waals surface area contributed by atoms with Crippen molar-refractivity contribution < 1.29 is 14.1 Å². The first kappa shape index (κ1) is 17.3. The monoisotopic (exact) mass is 375 g/mol. The Morgan fingerprint density at radius 2 is 2.08 bits per heavy atom. The molecule has 3 aromatic rings. The highest BCUT2D eigenvalue weighted by Gasteiger charge is 2.12. The number of aromatic nitrogens is 2. The average Bonchev–Trinajstić information content (AvgIpc) is 3.29. The number of carbonyl (C=O) groups is 2. The van der Waals surface area contributed by atoms with Gasteiger partial charge >= 0.3 is 0 Å². The number of amides is 1. The molecule has 6 nitrogen and oxygen atoms in total. The maximum Gasteiger partial charge on any atom is 0.246 e. The van der Waals surface area contributed by atoms with Gasteiger partial charge in [-0.15, -0.1) is 11.3 Å². The molecular formula is C17H14ClN3O3S. The highest BCUT2D eigenvalue weighted by atomic mass is 35.5. The second-order valence-electron chi connectivity index (χ2n) is 5.20. The van der Waals surface area contributed by atoms with E-state index in [9.17, 15) is 9.59 Å². The maximum atomic E-state index is 11.9. The van der Waals surface area contributed by atoms with Gasteiger partial charge in [0, 0.05) is 23.4 Å². The molecule has 0 bridgehead atoms. The second-order valence-corrected chi connectivity index (χ2v) is 6.58. The number of carbonyl (C=O) groups excluding carboxylic acids is 2. The summed E-state index contributed by atoms with van der Waals surface area (Å²) in [6, 6.07) is 10.6. The Kier molecular flexibility index (Phi) is 5.57. The maximum absolute atomic E-state index is 11.9. The molecule has 25 heavy (non-hydrogen) atoms. The smallest absolute Gasteiger partial charge is 0.246 e. The van der Waals surface area contributed by atoms with Crippen molar-refractivity contribution in [1.29, 1.82) is 0 Å². The van der Waals surface area contributed by atoms with E-state index in [-0.39, 0.29) is 37.0 Å². The molecule has 3 rings (SSSR count). The van der Waals surface area contributed by atoms with Gasteiger partial charge in [0.15, 0.2) is 5.78 Å². The SMILES string of the molecule is O=C(CCC(=O)c1cccs1)NCc1nc(-c2cccc(Cl)c2)no1. The van der Waals surface area contributed by atoms with Crippen molar-refractivity contribution in [3.05, 3.63) is 57.6 Å². The van der Waals surface area contributed by atoms with Crippen molar-refractivity contribution in [1.82, 2.24) is 15.5 Å². The van der Waals surface area contributed by atoms with Crippen LogP contribution in [0.15, 0.2) is 46.3 Å². The summed E-state index contributed by atoms with van der Waals surface area (Å²) in [6.07, 6.45) is 0.288. The second kappa shape index (κ2) is 8.04. The largest absolute Gasteiger partial charge is 0.347 e. The Morgan fingerprint density at radius 3 is 2.84 bits per heavy atom. The molecule has 0 fully saturated rings. The van der Waals surface area contributed by atoms with E-state index in [1.54, 1.807) is 24.3 Å². The predicted molar refractivity (Wildman–Crippen MR) is 94.5 cm³/mol. The number of ketones is 1. The lowest BCUT2D eigenvalue weighted by atomic mass is 10.2. The van der Waals surface area contributed by atoms with E-state index >= 15 is 0 Å². The van der Waals surface area contributed by atoms with Crippen LogP contribution in [0, 0.1) is 0 Å². The molecule has 0 aliphatic carbocycles. The van der Waals surface area contributed by atoms with Gasteiger partial charge in [0.25, 0.3) is 0 Å². The van der Waals surface area contributed by atoms with Gasteiger partial charge in [-0.3, -0.25) is 9.59 Å². The standard InChI is InChI=1S/C17H14ClN3O3S/c18-12-4-1-3-11(9-12)17-20-16(24-21-17)10-19-15(23)7-6-13(22)14-5-2-8-25-14/h1-5,8-9H,6-7,10H2,(H,19,23). The summed E-state index contributed by atoms with van der Waals surface area (Å²) < 4.78 is 5.11. The van der Waals surface area contributed by atoms with E-state index in [0.717, 1.165) is 5.56 Å². The molecule has 0 aliphatic heterocycles. The number of benzene rings is 1. The molecule has 1 amide bonds. The topological polar surface area (TPSA) is 85.1 Å². The Bertz CT molecular complexity index is 877. The molecule has 8 heteroatoms. The van der Waals surface area contributed by atoms with Gasteiger partial charge in [0.05, 0.1) is 11.4 Å². The zero-order valence-electron chi connectivity index (χ0n) is 13.1. The number of hydrogen-bond donors (Lipinski definition) is 1. The molecule has 0 spiro atoms. The Morgan fingerprint density at radius 1 is 1.20 bits per heavy atom. The summed E-state index contributed by atoms with van der Waals surface area (Å²) in [4.78, 5) is 28.6. The quantitative estimate of drug-likeness (QED) is 0.636. The van der Waals surface area contributed by atoms with Crippen LogP contribution in [-0.4, -0.2) is 21.8 Å². The van der Waals surface area contributed by atoms with Crippen molar-refractivity contribution in [3.8, 4) is 11.4 Å². The van der Waals surface area contributed by atoms with Gasteiger partial charge in [-0.25, -0.2) is 0 Å².